The Labute approximate surface area is 136 Å². The molecule has 0 heterocycles. The third-order valence-corrected chi connectivity index (χ3v) is 2.30. The van der Waals surface area contributed by atoms with Gasteiger partial charge in [-0.05, 0) is 48.0 Å². The highest BCUT2D eigenvalue weighted by Crippen LogP contribution is 2.09. The monoisotopic (exact) mass is 332 g/mol. The molecule has 0 radical (unpaired) electrons. The van der Waals surface area contributed by atoms with Crippen molar-refractivity contribution in [1.29, 1.82) is 0 Å². The van der Waals surface area contributed by atoms with Gasteiger partial charge in [-0.15, -0.1) is 0 Å². The Morgan fingerprint density at radius 3 is 1.87 bits per heavy atom. The summed E-state index contributed by atoms with van der Waals surface area (Å²) in [6.45, 7) is 10.5. The molecule has 0 aromatic heterocycles. The molecule has 8 nitrogen and oxygen atoms in total. The average molecular weight is 332 g/mol. The molecule has 8 heteroatoms. The molecule has 134 valence electrons. The maximum absolute atomic E-state index is 11.7. The van der Waals surface area contributed by atoms with Crippen molar-refractivity contribution in [2.75, 3.05) is 6.54 Å². The number of aliphatic carboxylic acids is 1. The van der Waals surface area contributed by atoms with Crippen molar-refractivity contribution in [3.05, 3.63) is 0 Å². The third-order valence-electron chi connectivity index (χ3n) is 2.30. The second-order valence-corrected chi connectivity index (χ2v) is 7.16. The minimum absolute atomic E-state index is 0.169. The van der Waals surface area contributed by atoms with Gasteiger partial charge in [0.2, 0.25) is 0 Å². The van der Waals surface area contributed by atoms with E-state index in [1.165, 1.54) is 0 Å². The first kappa shape index (κ1) is 21.0. The summed E-state index contributed by atoms with van der Waals surface area (Å²) in [7, 11) is 0. The first-order valence-electron chi connectivity index (χ1n) is 7.46. The minimum atomic E-state index is -1.05. The number of carboxylic acids is 1. The summed E-state index contributed by atoms with van der Waals surface area (Å²) in [5, 5.41) is 13.9. The van der Waals surface area contributed by atoms with E-state index in [1.54, 1.807) is 41.5 Å². The fourth-order valence-corrected chi connectivity index (χ4v) is 1.57. The van der Waals surface area contributed by atoms with Crippen molar-refractivity contribution in [3.63, 3.8) is 0 Å². The van der Waals surface area contributed by atoms with Crippen molar-refractivity contribution >= 4 is 18.2 Å². The number of hydrogen-bond donors (Lipinski definition) is 3. The smallest absolute Gasteiger partial charge is 0.407 e. The normalized spacial score (nSPS) is 13.0. The van der Waals surface area contributed by atoms with Crippen LogP contribution >= 0.6 is 0 Å². The Kier molecular flexibility index (Phi) is 7.85. The van der Waals surface area contributed by atoms with Crippen molar-refractivity contribution in [1.82, 2.24) is 10.6 Å². The molecule has 3 N–H and O–H groups in total. The van der Waals surface area contributed by atoms with Gasteiger partial charge in [0.05, 0.1) is 6.42 Å². The molecule has 0 saturated heterocycles. The van der Waals surface area contributed by atoms with Gasteiger partial charge < -0.3 is 25.2 Å². The van der Waals surface area contributed by atoms with Gasteiger partial charge in [-0.3, -0.25) is 4.79 Å². The predicted octanol–water partition coefficient (Wildman–Crippen LogP) is 2.27. The predicted molar refractivity (Wildman–Crippen MR) is 84.3 cm³/mol. The van der Waals surface area contributed by atoms with Crippen LogP contribution in [0.2, 0.25) is 0 Å². The zero-order chi connectivity index (χ0) is 18.3. The largest absolute Gasteiger partial charge is 0.481 e. The Balaban J connectivity index is 4.38. The van der Waals surface area contributed by atoms with Crippen molar-refractivity contribution in [3.8, 4) is 0 Å². The molecular weight excluding hydrogens is 304 g/mol. The van der Waals surface area contributed by atoms with Crippen LogP contribution in [0.5, 0.6) is 0 Å². The molecule has 0 aliphatic heterocycles. The second kappa shape index (κ2) is 8.59. The minimum Gasteiger partial charge on any atom is -0.481 e. The van der Waals surface area contributed by atoms with E-state index >= 15 is 0 Å². The Morgan fingerprint density at radius 1 is 0.957 bits per heavy atom. The molecule has 2 amide bonds. The second-order valence-electron chi connectivity index (χ2n) is 7.16. The van der Waals surface area contributed by atoms with Crippen LogP contribution in [0.25, 0.3) is 0 Å². The van der Waals surface area contributed by atoms with Gasteiger partial charge in [0.1, 0.15) is 11.2 Å². The van der Waals surface area contributed by atoms with Crippen molar-refractivity contribution in [2.45, 2.75) is 71.6 Å². The Morgan fingerprint density at radius 2 is 1.43 bits per heavy atom. The number of carbonyl (C=O) groups excluding carboxylic acids is 2. The van der Waals surface area contributed by atoms with Crippen LogP contribution in [-0.2, 0) is 14.3 Å². The highest BCUT2D eigenvalue weighted by atomic mass is 16.6. The molecule has 0 fully saturated rings. The number of hydrogen-bond acceptors (Lipinski definition) is 5. The van der Waals surface area contributed by atoms with Crippen molar-refractivity contribution in [2.24, 2.45) is 0 Å². The number of carboxylic acid groups (broad SMARTS) is 1. The highest BCUT2D eigenvalue weighted by molar-refractivity contribution is 5.71. The van der Waals surface area contributed by atoms with Gasteiger partial charge in [-0.1, -0.05) is 0 Å². The van der Waals surface area contributed by atoms with Gasteiger partial charge >= 0.3 is 18.2 Å². The van der Waals surface area contributed by atoms with Crippen LogP contribution in [0, 0.1) is 0 Å². The van der Waals surface area contributed by atoms with Crippen LogP contribution in [0.4, 0.5) is 9.59 Å². The maximum Gasteiger partial charge on any atom is 0.407 e. The molecular formula is C15H28N2O6. The lowest BCUT2D eigenvalue weighted by Gasteiger charge is -2.23. The fourth-order valence-electron chi connectivity index (χ4n) is 1.57. The average Bonchev–Trinajstić information content (AvgIpc) is 2.21. The maximum atomic E-state index is 11.7. The number of amides is 2. The molecule has 0 aliphatic carbocycles. The lowest BCUT2D eigenvalue weighted by Crippen LogP contribution is -2.42. The van der Waals surface area contributed by atoms with Gasteiger partial charge in [0.15, 0.2) is 0 Å². The summed E-state index contributed by atoms with van der Waals surface area (Å²) in [4.78, 5) is 34.1. The van der Waals surface area contributed by atoms with E-state index in [9.17, 15) is 14.4 Å². The van der Waals surface area contributed by atoms with Crippen molar-refractivity contribution < 1.29 is 29.0 Å². The molecule has 1 atom stereocenters. The van der Waals surface area contributed by atoms with Gasteiger partial charge in [0, 0.05) is 12.6 Å². The zero-order valence-electron chi connectivity index (χ0n) is 14.7. The summed E-state index contributed by atoms with van der Waals surface area (Å²) in [5.41, 5.74) is -1.29. The number of ether oxygens (including phenoxy) is 2. The Hall–Kier alpha value is -1.99. The zero-order valence-corrected chi connectivity index (χ0v) is 14.7. The van der Waals surface area contributed by atoms with Gasteiger partial charge in [-0.2, -0.15) is 0 Å². The number of rotatable bonds is 6. The van der Waals surface area contributed by atoms with Crippen LogP contribution in [0.3, 0.4) is 0 Å². The molecule has 0 aromatic rings. The molecule has 0 unspecified atom stereocenters. The standard InChI is InChI=1S/C15H28N2O6/c1-14(2,3)22-12(20)16-8-7-10(9-11(18)19)17-13(21)23-15(4,5)6/h10H,7-9H2,1-6H3,(H,16,20)(H,17,21)(H,18,19)/t10-/m0/s1. The summed E-state index contributed by atoms with van der Waals surface area (Å²) in [6, 6.07) is -0.655. The van der Waals surface area contributed by atoms with E-state index in [0.717, 1.165) is 0 Å². The highest BCUT2D eigenvalue weighted by Gasteiger charge is 2.22. The van der Waals surface area contributed by atoms with Gasteiger partial charge in [0.25, 0.3) is 0 Å². The van der Waals surface area contributed by atoms with E-state index in [0.29, 0.717) is 0 Å². The summed E-state index contributed by atoms with van der Waals surface area (Å²) in [6.07, 6.45) is -1.31. The SMILES string of the molecule is CC(C)(C)OC(=O)NCC[C@@H](CC(=O)O)NC(=O)OC(C)(C)C. The summed E-state index contributed by atoms with van der Waals surface area (Å²) in [5.74, 6) is -1.05. The molecule has 23 heavy (non-hydrogen) atoms. The molecule has 0 saturated carbocycles. The number of alkyl carbamates (subject to hydrolysis) is 2. The van der Waals surface area contributed by atoms with Crippen LogP contribution in [-0.4, -0.2) is 47.1 Å². The molecule has 0 aromatic carbocycles. The van der Waals surface area contributed by atoms with E-state index in [4.69, 9.17) is 14.6 Å². The van der Waals surface area contributed by atoms with Crippen LogP contribution in [0.1, 0.15) is 54.4 Å². The van der Waals surface area contributed by atoms with E-state index < -0.39 is 35.4 Å². The lowest BCUT2D eigenvalue weighted by atomic mass is 10.1. The van der Waals surface area contributed by atoms with E-state index in [2.05, 4.69) is 10.6 Å². The molecule has 0 aliphatic rings. The number of nitrogens with one attached hydrogen (secondary N) is 2. The number of carbonyl (C=O) groups is 3. The van der Waals surface area contributed by atoms with Crippen LogP contribution < -0.4 is 10.6 Å². The molecule has 0 bridgehead atoms. The van der Waals surface area contributed by atoms with Crippen LogP contribution in [0.15, 0.2) is 0 Å². The van der Waals surface area contributed by atoms with Gasteiger partial charge in [-0.25, -0.2) is 9.59 Å². The first-order chi connectivity index (χ1) is 10.3. The fraction of sp³-hybridized carbons (Fsp3) is 0.800. The topological polar surface area (TPSA) is 114 Å². The molecule has 0 spiro atoms. The summed E-state index contributed by atoms with van der Waals surface area (Å²) >= 11 is 0. The Bertz CT molecular complexity index is 423. The lowest BCUT2D eigenvalue weighted by molar-refractivity contribution is -0.137. The van der Waals surface area contributed by atoms with E-state index in [1.807, 2.05) is 0 Å². The molecule has 0 rings (SSSR count). The summed E-state index contributed by atoms with van der Waals surface area (Å²) < 4.78 is 10.2. The van der Waals surface area contributed by atoms with E-state index in [-0.39, 0.29) is 19.4 Å². The third kappa shape index (κ3) is 13.4. The quantitative estimate of drug-likeness (QED) is 0.687. The first-order valence-corrected chi connectivity index (χ1v) is 7.46.